The van der Waals surface area contributed by atoms with E-state index in [2.05, 4.69) is 15.5 Å². The van der Waals surface area contributed by atoms with Crippen LogP contribution in [0.5, 0.6) is 0 Å². The molecule has 1 amide bonds. The molecule has 4 aromatic rings. The minimum atomic E-state index is -0.311. The number of benzene rings is 1. The average molecular weight is 424 g/mol. The van der Waals surface area contributed by atoms with Crippen molar-refractivity contribution < 1.29 is 4.79 Å². The average Bonchev–Trinajstić information content (AvgIpc) is 3.30. The highest BCUT2D eigenvalue weighted by Gasteiger charge is 2.24. The van der Waals surface area contributed by atoms with Gasteiger partial charge in [0, 0.05) is 10.6 Å². The van der Waals surface area contributed by atoms with Crippen LogP contribution in [-0.2, 0) is 17.6 Å². The molecule has 0 fully saturated rings. The Kier molecular flexibility index (Phi) is 4.75. The molecule has 0 spiro atoms. The van der Waals surface area contributed by atoms with Crippen molar-refractivity contribution in [1.82, 2.24) is 19.6 Å². The maximum atomic E-state index is 12.6. The van der Waals surface area contributed by atoms with Gasteiger partial charge in [-0.05, 0) is 57.2 Å². The van der Waals surface area contributed by atoms with Crippen LogP contribution in [0.1, 0.15) is 36.0 Å². The number of hydrogen-bond donors (Lipinski definition) is 1. The SMILES string of the molecule is Cc1nc2sc3c(c2c2nnc(S[C@@H](C)C(=O)Nc4ccccc4)n12)CCCC3. The first-order chi connectivity index (χ1) is 14.1. The number of fused-ring (bicyclic) bond motifs is 5. The second-order valence-electron chi connectivity index (χ2n) is 7.31. The number of para-hydroxylation sites is 1. The van der Waals surface area contributed by atoms with E-state index >= 15 is 0 Å². The number of thiophene rings is 1. The lowest BCUT2D eigenvalue weighted by Gasteiger charge is -2.12. The number of carbonyl (C=O) groups excluding carboxylic acids is 1. The molecule has 8 heteroatoms. The van der Waals surface area contributed by atoms with Crippen molar-refractivity contribution in [3.05, 3.63) is 46.6 Å². The van der Waals surface area contributed by atoms with Crippen molar-refractivity contribution in [2.45, 2.75) is 49.9 Å². The topological polar surface area (TPSA) is 72.2 Å². The fourth-order valence-corrected chi connectivity index (χ4v) is 6.03. The third-order valence-corrected chi connectivity index (χ3v) is 7.52. The highest BCUT2D eigenvalue weighted by atomic mass is 32.2. The minimum Gasteiger partial charge on any atom is -0.325 e. The Morgan fingerprint density at radius 3 is 2.83 bits per heavy atom. The van der Waals surface area contributed by atoms with E-state index in [0.29, 0.717) is 5.16 Å². The van der Waals surface area contributed by atoms with Crippen molar-refractivity contribution in [2.75, 3.05) is 5.32 Å². The first-order valence-corrected chi connectivity index (χ1v) is 11.5. The highest BCUT2D eigenvalue weighted by Crippen LogP contribution is 2.38. The van der Waals surface area contributed by atoms with E-state index in [9.17, 15) is 4.79 Å². The molecule has 148 valence electrons. The number of hydrogen-bond acceptors (Lipinski definition) is 6. The molecule has 0 saturated carbocycles. The van der Waals surface area contributed by atoms with Crippen LogP contribution in [-0.4, -0.2) is 30.7 Å². The number of anilines is 1. The Hall–Kier alpha value is -2.45. The third-order valence-electron chi connectivity index (χ3n) is 5.29. The molecule has 1 N–H and O–H groups in total. The summed E-state index contributed by atoms with van der Waals surface area (Å²) in [5, 5.41) is 13.4. The quantitative estimate of drug-likeness (QED) is 0.484. The molecular weight excluding hydrogens is 402 g/mol. The molecule has 0 saturated heterocycles. The number of carbonyl (C=O) groups is 1. The zero-order valence-corrected chi connectivity index (χ0v) is 17.9. The monoisotopic (exact) mass is 423 g/mol. The number of thioether (sulfide) groups is 1. The number of nitrogens with one attached hydrogen (secondary N) is 1. The van der Waals surface area contributed by atoms with E-state index in [-0.39, 0.29) is 11.2 Å². The largest absolute Gasteiger partial charge is 0.325 e. The third kappa shape index (κ3) is 3.30. The summed E-state index contributed by atoms with van der Waals surface area (Å²) in [6, 6.07) is 9.50. The van der Waals surface area contributed by atoms with Gasteiger partial charge in [-0.15, -0.1) is 21.5 Å². The highest BCUT2D eigenvalue weighted by molar-refractivity contribution is 8.00. The Labute approximate surface area is 176 Å². The number of aryl methyl sites for hydroxylation is 3. The summed E-state index contributed by atoms with van der Waals surface area (Å²) in [5.41, 5.74) is 3.05. The van der Waals surface area contributed by atoms with Gasteiger partial charge in [0.25, 0.3) is 0 Å². The van der Waals surface area contributed by atoms with E-state index < -0.39 is 0 Å². The minimum absolute atomic E-state index is 0.0578. The van der Waals surface area contributed by atoms with Gasteiger partial charge in [-0.3, -0.25) is 9.20 Å². The summed E-state index contributed by atoms with van der Waals surface area (Å²) in [4.78, 5) is 20.0. The second-order valence-corrected chi connectivity index (χ2v) is 9.70. The first-order valence-electron chi connectivity index (χ1n) is 9.80. The smallest absolute Gasteiger partial charge is 0.237 e. The molecule has 1 atom stereocenters. The molecule has 3 aromatic heterocycles. The fourth-order valence-electron chi connectivity index (χ4n) is 3.83. The van der Waals surface area contributed by atoms with Crippen LogP contribution in [0.25, 0.3) is 15.9 Å². The van der Waals surface area contributed by atoms with Crippen molar-refractivity contribution in [3.63, 3.8) is 0 Å². The lowest BCUT2D eigenvalue weighted by atomic mass is 9.97. The molecule has 0 aliphatic heterocycles. The summed E-state index contributed by atoms with van der Waals surface area (Å²) in [6.45, 7) is 3.87. The van der Waals surface area contributed by atoms with Crippen molar-refractivity contribution in [3.8, 4) is 0 Å². The number of rotatable bonds is 4. The number of nitrogens with zero attached hydrogens (tertiary/aromatic N) is 4. The van der Waals surface area contributed by atoms with Crippen LogP contribution >= 0.6 is 23.1 Å². The van der Waals surface area contributed by atoms with E-state index in [1.54, 1.807) is 11.3 Å². The molecule has 6 nitrogen and oxygen atoms in total. The number of aromatic nitrogens is 4. The molecule has 3 heterocycles. The van der Waals surface area contributed by atoms with Crippen molar-refractivity contribution in [2.24, 2.45) is 0 Å². The van der Waals surface area contributed by atoms with E-state index in [1.165, 1.54) is 35.0 Å². The van der Waals surface area contributed by atoms with Gasteiger partial charge in [0.05, 0.1) is 10.6 Å². The lowest BCUT2D eigenvalue weighted by molar-refractivity contribution is -0.115. The molecule has 1 aliphatic carbocycles. The standard InChI is InChI=1S/C21H21N5OS2/c1-12(19(27)23-14-8-4-3-5-9-14)28-21-25-24-18-17-15-10-6-7-11-16(15)29-20(17)22-13(2)26(18)21/h3-5,8-9,12H,6-7,10-11H2,1-2H3,(H,23,27)/t12-/m0/s1. The molecule has 1 aromatic carbocycles. The summed E-state index contributed by atoms with van der Waals surface area (Å²) in [7, 11) is 0. The molecule has 0 bridgehead atoms. The van der Waals surface area contributed by atoms with Crippen molar-refractivity contribution >= 4 is 50.6 Å². The summed E-state index contributed by atoms with van der Waals surface area (Å²) >= 11 is 3.21. The molecule has 0 radical (unpaired) electrons. The zero-order valence-electron chi connectivity index (χ0n) is 16.3. The van der Waals surface area contributed by atoms with Gasteiger partial charge < -0.3 is 5.32 Å². The maximum Gasteiger partial charge on any atom is 0.237 e. The van der Waals surface area contributed by atoms with Crippen LogP contribution in [0, 0.1) is 6.92 Å². The van der Waals surface area contributed by atoms with Crippen LogP contribution in [0.2, 0.25) is 0 Å². The summed E-state index contributed by atoms with van der Waals surface area (Å²) in [5.74, 6) is 0.798. The van der Waals surface area contributed by atoms with Gasteiger partial charge in [0.1, 0.15) is 10.7 Å². The Morgan fingerprint density at radius 1 is 1.21 bits per heavy atom. The molecule has 0 unspecified atom stereocenters. The van der Waals surface area contributed by atoms with Crippen LogP contribution in [0.15, 0.2) is 35.5 Å². The Balaban J connectivity index is 1.48. The molecule has 5 rings (SSSR count). The summed E-state index contributed by atoms with van der Waals surface area (Å²) < 4.78 is 2.00. The van der Waals surface area contributed by atoms with E-state index in [1.807, 2.05) is 48.6 Å². The van der Waals surface area contributed by atoms with E-state index in [0.717, 1.165) is 40.2 Å². The predicted molar refractivity (Wildman–Crippen MR) is 118 cm³/mol. The number of amides is 1. The van der Waals surface area contributed by atoms with Gasteiger partial charge in [0.2, 0.25) is 5.91 Å². The van der Waals surface area contributed by atoms with Crippen LogP contribution in [0.4, 0.5) is 5.69 Å². The molecule has 29 heavy (non-hydrogen) atoms. The van der Waals surface area contributed by atoms with Gasteiger partial charge in [-0.1, -0.05) is 30.0 Å². The molecule has 1 aliphatic rings. The van der Waals surface area contributed by atoms with Crippen LogP contribution in [0.3, 0.4) is 0 Å². The van der Waals surface area contributed by atoms with Gasteiger partial charge in [-0.25, -0.2) is 4.98 Å². The predicted octanol–water partition coefficient (Wildman–Crippen LogP) is 4.65. The second kappa shape index (κ2) is 7.42. The van der Waals surface area contributed by atoms with Gasteiger partial charge in [-0.2, -0.15) is 0 Å². The normalized spacial score (nSPS) is 14.8. The molecular formula is C21H21N5OS2. The first kappa shape index (κ1) is 18.6. The Bertz CT molecular complexity index is 1210. The lowest BCUT2D eigenvalue weighted by Crippen LogP contribution is -2.22. The van der Waals surface area contributed by atoms with Gasteiger partial charge >= 0.3 is 0 Å². The zero-order chi connectivity index (χ0) is 20.0. The fraction of sp³-hybridized carbons (Fsp3) is 0.333. The van der Waals surface area contributed by atoms with Gasteiger partial charge in [0.15, 0.2) is 10.8 Å². The Morgan fingerprint density at radius 2 is 2.00 bits per heavy atom. The van der Waals surface area contributed by atoms with Crippen LogP contribution < -0.4 is 5.32 Å². The van der Waals surface area contributed by atoms with Crippen molar-refractivity contribution in [1.29, 1.82) is 0 Å². The van der Waals surface area contributed by atoms with E-state index in [4.69, 9.17) is 4.98 Å². The maximum absolute atomic E-state index is 12.6. The summed E-state index contributed by atoms with van der Waals surface area (Å²) in [6.07, 6.45) is 4.68.